The van der Waals surface area contributed by atoms with E-state index in [-0.39, 0.29) is 6.10 Å². The average molecular weight is 169 g/mol. The zero-order chi connectivity index (χ0) is 8.55. The Morgan fingerprint density at radius 2 is 2.00 bits per heavy atom. The Bertz CT molecular complexity index is 146. The standard InChI is InChI=1S/C10H19NO/c1-8(12)6-11(10-4-5-10)7-9-2-3-9/h8-10,12H,2-7H2,1H3/t8-/m1/s1. The molecule has 0 unspecified atom stereocenters. The predicted octanol–water partition coefficient (Wildman–Crippen LogP) is 1.24. The van der Waals surface area contributed by atoms with Crippen LogP contribution in [0.15, 0.2) is 0 Å². The van der Waals surface area contributed by atoms with Crippen molar-refractivity contribution in [3.8, 4) is 0 Å². The molecule has 0 radical (unpaired) electrons. The number of aliphatic hydroxyl groups is 1. The minimum absolute atomic E-state index is 0.149. The van der Waals surface area contributed by atoms with Crippen LogP contribution in [0.25, 0.3) is 0 Å². The molecule has 2 aliphatic rings. The molecular weight excluding hydrogens is 150 g/mol. The summed E-state index contributed by atoms with van der Waals surface area (Å²) in [6, 6.07) is 0.820. The quantitative estimate of drug-likeness (QED) is 0.669. The minimum atomic E-state index is -0.149. The topological polar surface area (TPSA) is 23.5 Å². The maximum absolute atomic E-state index is 9.29. The van der Waals surface area contributed by atoms with Gasteiger partial charge in [0.2, 0.25) is 0 Å². The fourth-order valence-corrected chi connectivity index (χ4v) is 1.78. The molecule has 12 heavy (non-hydrogen) atoms. The molecule has 2 rings (SSSR count). The Kier molecular flexibility index (Phi) is 2.37. The van der Waals surface area contributed by atoms with E-state index >= 15 is 0 Å². The van der Waals surface area contributed by atoms with Crippen LogP contribution in [0.5, 0.6) is 0 Å². The van der Waals surface area contributed by atoms with Crippen molar-refractivity contribution in [2.24, 2.45) is 5.92 Å². The first-order valence-electron chi connectivity index (χ1n) is 5.18. The third-order valence-corrected chi connectivity index (χ3v) is 2.75. The maximum Gasteiger partial charge on any atom is 0.0639 e. The van der Waals surface area contributed by atoms with Gasteiger partial charge in [0.25, 0.3) is 0 Å². The van der Waals surface area contributed by atoms with Crippen molar-refractivity contribution in [1.82, 2.24) is 4.90 Å². The Morgan fingerprint density at radius 3 is 2.42 bits per heavy atom. The number of hydrogen-bond acceptors (Lipinski definition) is 2. The molecular formula is C10H19NO. The minimum Gasteiger partial charge on any atom is -0.392 e. The van der Waals surface area contributed by atoms with Crippen molar-refractivity contribution in [2.45, 2.75) is 44.8 Å². The van der Waals surface area contributed by atoms with Crippen LogP contribution in [0.2, 0.25) is 0 Å². The lowest BCUT2D eigenvalue weighted by atomic mass is 10.3. The molecule has 2 saturated carbocycles. The third kappa shape index (κ3) is 2.46. The molecule has 0 aromatic carbocycles. The van der Waals surface area contributed by atoms with Gasteiger partial charge >= 0.3 is 0 Å². The van der Waals surface area contributed by atoms with Crippen LogP contribution < -0.4 is 0 Å². The highest BCUT2D eigenvalue weighted by atomic mass is 16.3. The summed E-state index contributed by atoms with van der Waals surface area (Å²) in [5.41, 5.74) is 0. The molecule has 0 aliphatic heterocycles. The van der Waals surface area contributed by atoms with Crippen molar-refractivity contribution >= 4 is 0 Å². The first-order chi connectivity index (χ1) is 5.75. The molecule has 2 nitrogen and oxygen atoms in total. The summed E-state index contributed by atoms with van der Waals surface area (Å²) in [5.74, 6) is 0.962. The van der Waals surface area contributed by atoms with Gasteiger partial charge in [-0.3, -0.25) is 4.90 Å². The first kappa shape index (κ1) is 8.52. The SMILES string of the molecule is C[C@@H](O)CN(CC1CC1)C1CC1. The average Bonchev–Trinajstić information content (AvgIpc) is 2.82. The predicted molar refractivity (Wildman–Crippen MR) is 49.0 cm³/mol. The van der Waals surface area contributed by atoms with Crippen molar-refractivity contribution in [3.05, 3.63) is 0 Å². The largest absolute Gasteiger partial charge is 0.392 e. The van der Waals surface area contributed by atoms with Gasteiger partial charge in [-0.2, -0.15) is 0 Å². The third-order valence-electron chi connectivity index (χ3n) is 2.75. The van der Waals surface area contributed by atoms with E-state index in [9.17, 15) is 5.11 Å². The second kappa shape index (κ2) is 3.35. The van der Waals surface area contributed by atoms with Crippen LogP contribution >= 0.6 is 0 Å². The van der Waals surface area contributed by atoms with E-state index in [0.717, 1.165) is 18.5 Å². The first-order valence-corrected chi connectivity index (χ1v) is 5.18. The van der Waals surface area contributed by atoms with Crippen molar-refractivity contribution in [2.75, 3.05) is 13.1 Å². The van der Waals surface area contributed by atoms with Gasteiger partial charge in [0, 0.05) is 19.1 Å². The molecule has 2 aliphatic carbocycles. The van der Waals surface area contributed by atoms with Gasteiger partial charge in [0.05, 0.1) is 6.10 Å². The summed E-state index contributed by atoms with van der Waals surface area (Å²) >= 11 is 0. The molecule has 0 aromatic heterocycles. The van der Waals surface area contributed by atoms with E-state index in [1.807, 2.05) is 6.92 Å². The molecule has 0 heterocycles. The van der Waals surface area contributed by atoms with E-state index in [2.05, 4.69) is 4.90 Å². The number of rotatable bonds is 5. The summed E-state index contributed by atoms with van der Waals surface area (Å²) in [7, 11) is 0. The lowest BCUT2D eigenvalue weighted by molar-refractivity contribution is 0.119. The Labute approximate surface area is 74.6 Å². The van der Waals surface area contributed by atoms with E-state index in [1.54, 1.807) is 0 Å². The van der Waals surface area contributed by atoms with Gasteiger partial charge in [0.15, 0.2) is 0 Å². The van der Waals surface area contributed by atoms with Gasteiger partial charge in [-0.1, -0.05) is 0 Å². The van der Waals surface area contributed by atoms with Crippen LogP contribution in [0.3, 0.4) is 0 Å². The fraction of sp³-hybridized carbons (Fsp3) is 1.00. The Morgan fingerprint density at radius 1 is 1.33 bits per heavy atom. The van der Waals surface area contributed by atoms with Gasteiger partial charge in [-0.25, -0.2) is 0 Å². The van der Waals surface area contributed by atoms with Crippen LogP contribution in [-0.4, -0.2) is 35.2 Å². The summed E-state index contributed by atoms with van der Waals surface area (Å²) < 4.78 is 0. The maximum atomic E-state index is 9.29. The highest BCUT2D eigenvalue weighted by Gasteiger charge is 2.33. The van der Waals surface area contributed by atoms with E-state index in [0.29, 0.717) is 0 Å². The summed E-state index contributed by atoms with van der Waals surface area (Å²) in [4.78, 5) is 2.49. The van der Waals surface area contributed by atoms with Crippen molar-refractivity contribution in [3.63, 3.8) is 0 Å². The second-order valence-corrected chi connectivity index (χ2v) is 4.48. The van der Waals surface area contributed by atoms with Gasteiger partial charge < -0.3 is 5.11 Å². The van der Waals surface area contributed by atoms with Gasteiger partial charge in [-0.15, -0.1) is 0 Å². The van der Waals surface area contributed by atoms with Crippen LogP contribution in [0.1, 0.15) is 32.6 Å². The zero-order valence-corrected chi connectivity index (χ0v) is 7.87. The number of nitrogens with zero attached hydrogens (tertiary/aromatic N) is 1. The molecule has 2 fully saturated rings. The molecule has 70 valence electrons. The second-order valence-electron chi connectivity index (χ2n) is 4.48. The highest BCUT2D eigenvalue weighted by Crippen LogP contribution is 2.34. The smallest absolute Gasteiger partial charge is 0.0639 e. The van der Waals surface area contributed by atoms with Crippen molar-refractivity contribution < 1.29 is 5.11 Å². The number of aliphatic hydroxyl groups excluding tert-OH is 1. The Hall–Kier alpha value is -0.0800. The molecule has 0 aromatic rings. The van der Waals surface area contributed by atoms with E-state index in [4.69, 9.17) is 0 Å². The van der Waals surface area contributed by atoms with Crippen LogP contribution in [0, 0.1) is 5.92 Å². The molecule has 1 atom stereocenters. The van der Waals surface area contributed by atoms with Crippen molar-refractivity contribution in [1.29, 1.82) is 0 Å². The summed E-state index contributed by atoms with van der Waals surface area (Å²) in [6.45, 7) is 4.03. The molecule has 2 heteroatoms. The molecule has 0 amide bonds. The van der Waals surface area contributed by atoms with E-state index in [1.165, 1.54) is 32.2 Å². The zero-order valence-electron chi connectivity index (χ0n) is 7.87. The number of hydrogen-bond donors (Lipinski definition) is 1. The monoisotopic (exact) mass is 169 g/mol. The summed E-state index contributed by atoms with van der Waals surface area (Å²) in [6.07, 6.45) is 5.41. The van der Waals surface area contributed by atoms with Crippen LogP contribution in [-0.2, 0) is 0 Å². The Balaban J connectivity index is 1.75. The fourth-order valence-electron chi connectivity index (χ4n) is 1.78. The highest BCUT2D eigenvalue weighted by molar-refractivity contribution is 4.88. The lowest BCUT2D eigenvalue weighted by Crippen LogP contribution is -2.34. The van der Waals surface area contributed by atoms with Gasteiger partial charge in [-0.05, 0) is 38.5 Å². The lowest BCUT2D eigenvalue weighted by Gasteiger charge is -2.23. The molecule has 0 bridgehead atoms. The molecule has 0 spiro atoms. The summed E-state index contributed by atoms with van der Waals surface area (Å²) in [5, 5.41) is 9.29. The normalized spacial score (nSPS) is 26.2. The van der Waals surface area contributed by atoms with Crippen LogP contribution in [0.4, 0.5) is 0 Å². The van der Waals surface area contributed by atoms with E-state index < -0.39 is 0 Å². The molecule has 1 N–H and O–H groups in total. The van der Waals surface area contributed by atoms with Gasteiger partial charge in [0.1, 0.15) is 0 Å². The molecule has 0 saturated heterocycles.